The maximum atomic E-state index is 12.9. The van der Waals surface area contributed by atoms with Crippen molar-refractivity contribution in [3.8, 4) is 0 Å². The topological polar surface area (TPSA) is 43.1 Å². The van der Waals surface area contributed by atoms with Crippen molar-refractivity contribution >= 4 is 19.0 Å². The van der Waals surface area contributed by atoms with Gasteiger partial charge < -0.3 is 5.73 Å². The summed E-state index contributed by atoms with van der Waals surface area (Å²) < 4.78 is 49.5. The van der Waals surface area contributed by atoms with Crippen molar-refractivity contribution in [1.82, 2.24) is 0 Å². The molecule has 1 rings (SSSR count). The first kappa shape index (κ1) is 14.8. The Morgan fingerprint density at radius 1 is 1.28 bits per heavy atom. The lowest BCUT2D eigenvalue weighted by Crippen LogP contribution is -2.54. The molecule has 0 saturated heterocycles. The van der Waals surface area contributed by atoms with Gasteiger partial charge in [-0.05, 0) is 6.17 Å². The van der Waals surface area contributed by atoms with Crippen LogP contribution in [0.3, 0.4) is 0 Å². The number of benzene rings is 1. The molecule has 0 aromatic heterocycles. The fourth-order valence-electron chi connectivity index (χ4n) is 1.44. The second kappa shape index (κ2) is 5.19. The van der Waals surface area contributed by atoms with Crippen LogP contribution in [0.5, 0.6) is 0 Å². The Balaban J connectivity index is 3.04. The van der Waals surface area contributed by atoms with Gasteiger partial charge in [0.25, 0.3) is 5.78 Å². The molecular weight excluding hydrogens is 266 g/mol. The predicted molar refractivity (Wildman–Crippen MR) is 63.1 cm³/mol. The molecule has 0 aliphatic heterocycles. The summed E-state index contributed by atoms with van der Waals surface area (Å²) in [4.78, 5) is 11.0. The van der Waals surface area contributed by atoms with Crippen LogP contribution in [0.1, 0.15) is 10.4 Å². The van der Waals surface area contributed by atoms with Gasteiger partial charge in [0.15, 0.2) is 0 Å². The van der Waals surface area contributed by atoms with Gasteiger partial charge in [0, 0.05) is 5.56 Å². The lowest BCUT2D eigenvalue weighted by atomic mass is 10.1. The minimum absolute atomic E-state index is 0.163. The first-order valence-corrected chi connectivity index (χ1v) is 8.14. The SMILES string of the molecule is C[Si](CN)(CF)c1ccc(C(=O)C(F)(F)F)cc1. The first-order valence-electron chi connectivity index (χ1n) is 5.23. The molecule has 0 aliphatic rings. The van der Waals surface area contributed by atoms with Crippen molar-refractivity contribution in [2.45, 2.75) is 12.7 Å². The fourth-order valence-corrected chi connectivity index (χ4v) is 2.91. The molecule has 100 valence electrons. The monoisotopic (exact) mass is 279 g/mol. The molecule has 1 unspecified atom stereocenters. The number of carbonyl (C=O) groups is 1. The van der Waals surface area contributed by atoms with Crippen LogP contribution in [0.2, 0.25) is 6.55 Å². The molecular formula is C11H13F4NOSi. The Morgan fingerprint density at radius 2 is 1.78 bits per heavy atom. The molecule has 0 heterocycles. The van der Waals surface area contributed by atoms with E-state index in [-0.39, 0.29) is 6.17 Å². The van der Waals surface area contributed by atoms with Crippen molar-refractivity contribution in [3.05, 3.63) is 29.8 Å². The summed E-state index contributed by atoms with van der Waals surface area (Å²) in [6, 6.07) is 4.86. The van der Waals surface area contributed by atoms with Crippen LogP contribution in [0.25, 0.3) is 0 Å². The minimum atomic E-state index is -4.89. The molecule has 0 aliphatic carbocycles. The summed E-state index contributed by atoms with van der Waals surface area (Å²) in [5, 5.41) is 0.603. The normalized spacial score (nSPS) is 15.2. The maximum absolute atomic E-state index is 12.9. The van der Waals surface area contributed by atoms with Gasteiger partial charge in [-0.3, -0.25) is 9.18 Å². The lowest BCUT2D eigenvalue weighted by Gasteiger charge is -2.22. The van der Waals surface area contributed by atoms with E-state index < -0.39 is 31.9 Å². The summed E-state index contributed by atoms with van der Waals surface area (Å²) in [6.07, 6.45) is -5.32. The molecule has 0 spiro atoms. The van der Waals surface area contributed by atoms with Crippen molar-refractivity contribution in [1.29, 1.82) is 0 Å². The van der Waals surface area contributed by atoms with E-state index in [4.69, 9.17) is 5.73 Å². The third-order valence-corrected chi connectivity index (χ3v) is 6.07. The summed E-state index contributed by atoms with van der Waals surface area (Å²) in [7, 11) is -2.46. The molecule has 1 aromatic carbocycles. The molecule has 1 aromatic rings. The highest BCUT2D eigenvalue weighted by Crippen LogP contribution is 2.21. The van der Waals surface area contributed by atoms with Crippen molar-refractivity contribution in [3.63, 3.8) is 0 Å². The molecule has 0 amide bonds. The molecule has 0 fully saturated rings. The largest absolute Gasteiger partial charge is 0.454 e. The van der Waals surface area contributed by atoms with Crippen LogP contribution >= 0.6 is 0 Å². The van der Waals surface area contributed by atoms with E-state index in [0.717, 1.165) is 12.1 Å². The van der Waals surface area contributed by atoms with E-state index in [9.17, 15) is 22.4 Å². The van der Waals surface area contributed by atoms with Crippen molar-refractivity contribution in [2.75, 3.05) is 12.5 Å². The molecule has 0 radical (unpaired) electrons. The Morgan fingerprint density at radius 3 is 2.11 bits per heavy atom. The van der Waals surface area contributed by atoms with Crippen LogP contribution < -0.4 is 10.9 Å². The van der Waals surface area contributed by atoms with E-state index in [1.54, 1.807) is 6.55 Å². The van der Waals surface area contributed by atoms with Crippen LogP contribution in [0.15, 0.2) is 24.3 Å². The Kier molecular flexibility index (Phi) is 4.28. The molecule has 7 heteroatoms. The summed E-state index contributed by atoms with van der Waals surface area (Å²) >= 11 is 0. The van der Waals surface area contributed by atoms with E-state index in [1.165, 1.54) is 12.1 Å². The number of alkyl halides is 4. The zero-order chi connectivity index (χ0) is 14.0. The smallest absolute Gasteiger partial charge is 0.332 e. The van der Waals surface area contributed by atoms with Crippen LogP contribution in [0.4, 0.5) is 17.6 Å². The standard InChI is InChI=1S/C11H13F4NOSi/c1-18(6-12,7-16)9-4-2-8(3-5-9)10(17)11(13,14)15/h2-5H,6-7,16H2,1H3. The molecule has 1 atom stereocenters. The van der Waals surface area contributed by atoms with E-state index in [2.05, 4.69) is 0 Å². The Hall–Kier alpha value is -1.21. The molecule has 0 saturated carbocycles. The minimum Gasteiger partial charge on any atom is -0.332 e. The molecule has 18 heavy (non-hydrogen) atoms. The number of carbonyl (C=O) groups excluding carboxylic acids is 1. The fraction of sp³-hybridized carbons (Fsp3) is 0.364. The highest BCUT2D eigenvalue weighted by atomic mass is 28.3. The number of halogens is 4. The average Bonchev–Trinajstić information content (AvgIpc) is 2.36. The van der Waals surface area contributed by atoms with E-state index >= 15 is 0 Å². The number of rotatable bonds is 4. The summed E-state index contributed by atoms with van der Waals surface area (Å²) in [5.74, 6) is -1.90. The highest BCUT2D eigenvalue weighted by Gasteiger charge is 2.39. The van der Waals surface area contributed by atoms with Gasteiger partial charge in [-0.25, -0.2) is 0 Å². The van der Waals surface area contributed by atoms with E-state index in [0.29, 0.717) is 5.19 Å². The van der Waals surface area contributed by atoms with Crippen LogP contribution in [-0.2, 0) is 0 Å². The number of hydrogen-bond acceptors (Lipinski definition) is 2. The molecule has 0 bridgehead atoms. The number of ketones is 1. The lowest BCUT2D eigenvalue weighted by molar-refractivity contribution is -0.0885. The number of Topliss-reactive ketones (excluding diaryl/α,β-unsaturated/α-hetero) is 1. The van der Waals surface area contributed by atoms with Crippen molar-refractivity contribution in [2.24, 2.45) is 5.73 Å². The van der Waals surface area contributed by atoms with Crippen LogP contribution in [0, 0.1) is 0 Å². The van der Waals surface area contributed by atoms with Crippen molar-refractivity contribution < 1.29 is 22.4 Å². The zero-order valence-corrected chi connectivity index (χ0v) is 10.7. The summed E-state index contributed by atoms with van der Waals surface area (Å²) in [6.45, 7) is 1.70. The second-order valence-electron chi connectivity index (χ2n) is 4.30. The Bertz CT molecular complexity index is 426. The second-order valence-corrected chi connectivity index (χ2v) is 8.68. The first-order chi connectivity index (χ1) is 8.24. The van der Waals surface area contributed by atoms with Gasteiger partial charge >= 0.3 is 6.18 Å². The van der Waals surface area contributed by atoms with Gasteiger partial charge in [0.1, 0.15) is 8.07 Å². The predicted octanol–water partition coefficient (Wildman–Crippen LogP) is 1.72. The van der Waals surface area contributed by atoms with Gasteiger partial charge in [-0.1, -0.05) is 36.0 Å². The molecule has 2 nitrogen and oxygen atoms in total. The van der Waals surface area contributed by atoms with Gasteiger partial charge in [0.2, 0.25) is 0 Å². The zero-order valence-electron chi connectivity index (χ0n) is 9.72. The Labute approximate surface area is 103 Å². The number of hydrogen-bond donors (Lipinski definition) is 1. The average molecular weight is 279 g/mol. The van der Waals surface area contributed by atoms with E-state index in [1.807, 2.05) is 0 Å². The quantitative estimate of drug-likeness (QED) is 0.518. The summed E-state index contributed by atoms with van der Waals surface area (Å²) in [5.41, 5.74) is 5.05. The van der Waals surface area contributed by atoms with Gasteiger partial charge in [-0.15, -0.1) is 0 Å². The molecule has 2 N–H and O–H groups in total. The third kappa shape index (κ3) is 2.97. The highest BCUT2D eigenvalue weighted by molar-refractivity contribution is 6.91. The van der Waals surface area contributed by atoms with Gasteiger partial charge in [-0.2, -0.15) is 13.2 Å². The van der Waals surface area contributed by atoms with Gasteiger partial charge in [0.05, 0.1) is 6.30 Å². The third-order valence-electron chi connectivity index (χ3n) is 2.85. The van der Waals surface area contributed by atoms with Crippen LogP contribution in [-0.4, -0.2) is 32.5 Å². The maximum Gasteiger partial charge on any atom is 0.454 e. The number of nitrogens with two attached hydrogens (primary N) is 1.